The second-order valence-corrected chi connectivity index (χ2v) is 7.82. The topological polar surface area (TPSA) is 95.7 Å². The number of piperidine rings is 1. The average Bonchev–Trinajstić information content (AvgIpc) is 3.39. The number of hydrogen-bond donors (Lipinski definition) is 2. The fraction of sp³-hybridized carbons (Fsp3) is 0.450. The molecular formula is C20H20F3N3O4. The Balaban J connectivity index is 1.45. The van der Waals surface area contributed by atoms with E-state index in [1.165, 1.54) is 12.8 Å². The number of amides is 1. The number of benzene rings is 1. The maximum absolute atomic E-state index is 13.9. The highest BCUT2D eigenvalue weighted by atomic mass is 19.2. The molecule has 1 aromatic heterocycles. The number of hydrogen-bond acceptors (Lipinski definition) is 5. The SMILES string of the molecule is O=C(NC1CCN(CC2CC2)CC1C(=O)O)c1cc(-c2ccc(F)c(F)c2F)on1. The number of nitrogens with zero attached hydrogens (tertiary/aromatic N) is 2. The van der Waals surface area contributed by atoms with Crippen LogP contribution in [-0.4, -0.2) is 52.7 Å². The summed E-state index contributed by atoms with van der Waals surface area (Å²) < 4.78 is 45.4. The van der Waals surface area contributed by atoms with Crippen LogP contribution in [0.5, 0.6) is 0 Å². The number of aromatic nitrogens is 1. The van der Waals surface area contributed by atoms with Gasteiger partial charge in [0.25, 0.3) is 5.91 Å². The molecule has 4 rings (SSSR count). The summed E-state index contributed by atoms with van der Waals surface area (Å²) in [5, 5.41) is 15.8. The minimum absolute atomic E-state index is 0.210. The molecule has 7 nitrogen and oxygen atoms in total. The largest absolute Gasteiger partial charge is 0.481 e. The van der Waals surface area contributed by atoms with E-state index in [1.807, 2.05) is 0 Å². The summed E-state index contributed by atoms with van der Waals surface area (Å²) in [6, 6.07) is 2.23. The molecule has 2 aromatic rings. The highest BCUT2D eigenvalue weighted by Crippen LogP contribution is 2.31. The van der Waals surface area contributed by atoms with Crippen LogP contribution in [0.15, 0.2) is 22.7 Å². The summed E-state index contributed by atoms with van der Waals surface area (Å²) in [7, 11) is 0. The van der Waals surface area contributed by atoms with E-state index in [9.17, 15) is 27.9 Å². The Morgan fingerprint density at radius 2 is 1.97 bits per heavy atom. The van der Waals surface area contributed by atoms with Crippen LogP contribution in [-0.2, 0) is 4.79 Å². The average molecular weight is 423 g/mol. The van der Waals surface area contributed by atoms with Crippen molar-refractivity contribution in [1.82, 2.24) is 15.4 Å². The molecule has 10 heteroatoms. The molecule has 1 saturated carbocycles. The van der Waals surface area contributed by atoms with E-state index in [1.54, 1.807) is 0 Å². The molecule has 2 fully saturated rings. The van der Waals surface area contributed by atoms with Gasteiger partial charge in [0.2, 0.25) is 0 Å². The van der Waals surface area contributed by atoms with Gasteiger partial charge in [0.1, 0.15) is 0 Å². The Bertz CT molecular complexity index is 976. The van der Waals surface area contributed by atoms with E-state index in [-0.39, 0.29) is 17.0 Å². The first-order valence-corrected chi connectivity index (χ1v) is 9.70. The van der Waals surface area contributed by atoms with Gasteiger partial charge in [-0.3, -0.25) is 9.59 Å². The molecule has 30 heavy (non-hydrogen) atoms. The number of rotatable bonds is 6. The Kier molecular flexibility index (Phi) is 5.50. The highest BCUT2D eigenvalue weighted by molar-refractivity contribution is 5.93. The van der Waals surface area contributed by atoms with Gasteiger partial charge in [-0.15, -0.1) is 0 Å². The molecule has 1 aromatic carbocycles. The summed E-state index contributed by atoms with van der Waals surface area (Å²) in [6.45, 7) is 1.90. The lowest BCUT2D eigenvalue weighted by molar-refractivity contribution is -0.144. The third-order valence-corrected chi connectivity index (χ3v) is 5.59. The minimum atomic E-state index is -1.66. The smallest absolute Gasteiger partial charge is 0.309 e. The summed E-state index contributed by atoms with van der Waals surface area (Å²) in [5.41, 5.74) is -0.587. The first-order valence-electron chi connectivity index (χ1n) is 9.70. The number of likely N-dealkylation sites (tertiary alicyclic amines) is 1. The molecule has 1 aliphatic carbocycles. The number of halogens is 3. The van der Waals surface area contributed by atoms with Crippen LogP contribution in [0.25, 0.3) is 11.3 Å². The predicted molar refractivity (Wildman–Crippen MR) is 98.0 cm³/mol. The van der Waals surface area contributed by atoms with Crippen LogP contribution in [0.1, 0.15) is 29.8 Å². The van der Waals surface area contributed by atoms with Gasteiger partial charge in [0, 0.05) is 31.7 Å². The first-order chi connectivity index (χ1) is 14.3. The van der Waals surface area contributed by atoms with Crippen LogP contribution >= 0.6 is 0 Å². The van der Waals surface area contributed by atoms with Gasteiger partial charge in [0.15, 0.2) is 28.9 Å². The number of carbonyl (C=O) groups excluding carboxylic acids is 1. The van der Waals surface area contributed by atoms with Crippen molar-refractivity contribution < 1.29 is 32.4 Å². The Morgan fingerprint density at radius 3 is 2.67 bits per heavy atom. The summed E-state index contributed by atoms with van der Waals surface area (Å²) in [5.74, 6) is -6.51. The summed E-state index contributed by atoms with van der Waals surface area (Å²) in [6.07, 6.45) is 2.81. The first kappa shape index (κ1) is 20.4. The van der Waals surface area contributed by atoms with Gasteiger partial charge in [-0.1, -0.05) is 5.16 Å². The fourth-order valence-corrected chi connectivity index (χ4v) is 3.74. The lowest BCUT2D eigenvalue weighted by atomic mass is 9.91. The van der Waals surface area contributed by atoms with Crippen molar-refractivity contribution in [1.29, 1.82) is 0 Å². The molecule has 0 radical (unpaired) electrons. The van der Waals surface area contributed by atoms with Crippen molar-refractivity contribution in [3.8, 4) is 11.3 Å². The number of aliphatic carboxylic acids is 1. The third kappa shape index (κ3) is 4.18. The van der Waals surface area contributed by atoms with Crippen molar-refractivity contribution >= 4 is 11.9 Å². The molecular weight excluding hydrogens is 403 g/mol. The zero-order valence-corrected chi connectivity index (χ0v) is 15.9. The number of carbonyl (C=O) groups is 2. The van der Waals surface area contributed by atoms with Crippen molar-refractivity contribution in [3.63, 3.8) is 0 Å². The number of nitrogens with one attached hydrogen (secondary N) is 1. The fourth-order valence-electron chi connectivity index (χ4n) is 3.74. The molecule has 1 saturated heterocycles. The van der Waals surface area contributed by atoms with Gasteiger partial charge in [0.05, 0.1) is 11.5 Å². The quantitative estimate of drug-likeness (QED) is 0.694. The maximum atomic E-state index is 13.9. The molecule has 2 heterocycles. The van der Waals surface area contributed by atoms with E-state index in [4.69, 9.17) is 4.52 Å². The number of carboxylic acids is 1. The molecule has 1 amide bonds. The lowest BCUT2D eigenvalue weighted by Gasteiger charge is -2.36. The van der Waals surface area contributed by atoms with Crippen molar-refractivity contribution in [2.24, 2.45) is 11.8 Å². The molecule has 2 atom stereocenters. The van der Waals surface area contributed by atoms with Gasteiger partial charge in [-0.2, -0.15) is 0 Å². The van der Waals surface area contributed by atoms with Crippen molar-refractivity contribution in [3.05, 3.63) is 41.3 Å². The minimum Gasteiger partial charge on any atom is -0.481 e. The molecule has 0 spiro atoms. The highest BCUT2D eigenvalue weighted by Gasteiger charge is 2.37. The Morgan fingerprint density at radius 1 is 1.20 bits per heavy atom. The van der Waals surface area contributed by atoms with E-state index < -0.39 is 41.3 Å². The maximum Gasteiger partial charge on any atom is 0.309 e. The molecule has 2 aliphatic rings. The van der Waals surface area contributed by atoms with Crippen molar-refractivity contribution in [2.75, 3.05) is 19.6 Å². The number of carboxylic acid groups (broad SMARTS) is 1. The van der Waals surface area contributed by atoms with Crippen LogP contribution in [0.3, 0.4) is 0 Å². The second kappa shape index (κ2) is 8.10. The van der Waals surface area contributed by atoms with Gasteiger partial charge < -0.3 is 19.8 Å². The normalized spacial score (nSPS) is 22.1. The monoisotopic (exact) mass is 423 g/mol. The molecule has 0 bridgehead atoms. The van der Waals surface area contributed by atoms with Gasteiger partial charge >= 0.3 is 5.97 Å². The molecule has 2 unspecified atom stereocenters. The van der Waals surface area contributed by atoms with Crippen LogP contribution in [0, 0.1) is 29.3 Å². The zero-order valence-electron chi connectivity index (χ0n) is 15.9. The predicted octanol–water partition coefficient (Wildman–Crippen LogP) is 2.67. The Hall–Kier alpha value is -2.88. The summed E-state index contributed by atoms with van der Waals surface area (Å²) >= 11 is 0. The summed E-state index contributed by atoms with van der Waals surface area (Å²) in [4.78, 5) is 26.3. The second-order valence-electron chi connectivity index (χ2n) is 7.82. The van der Waals surface area contributed by atoms with Gasteiger partial charge in [-0.25, -0.2) is 13.2 Å². The standard InChI is InChI=1S/C20H20F3N3O4/c21-13-4-3-11(17(22)18(13)23)16-7-15(25-30-16)19(27)24-14-5-6-26(8-10-1-2-10)9-12(14)20(28)29/h3-4,7,10,12,14H,1-2,5-6,8-9H2,(H,24,27)(H,28,29). The van der Waals surface area contributed by atoms with Crippen LogP contribution in [0.2, 0.25) is 0 Å². The molecule has 2 N–H and O–H groups in total. The van der Waals surface area contributed by atoms with Gasteiger partial charge in [-0.05, 0) is 37.3 Å². The van der Waals surface area contributed by atoms with E-state index >= 15 is 0 Å². The molecule has 1 aliphatic heterocycles. The lowest BCUT2D eigenvalue weighted by Crippen LogP contribution is -2.53. The Labute approximate surface area is 169 Å². The van der Waals surface area contributed by atoms with Crippen LogP contribution in [0.4, 0.5) is 13.2 Å². The van der Waals surface area contributed by atoms with Crippen molar-refractivity contribution in [2.45, 2.75) is 25.3 Å². The van der Waals surface area contributed by atoms with E-state index in [2.05, 4.69) is 15.4 Å². The van der Waals surface area contributed by atoms with E-state index in [0.717, 1.165) is 24.7 Å². The van der Waals surface area contributed by atoms with E-state index in [0.29, 0.717) is 25.4 Å². The van der Waals surface area contributed by atoms with Crippen LogP contribution < -0.4 is 5.32 Å². The third-order valence-electron chi connectivity index (χ3n) is 5.59. The molecule has 160 valence electrons. The zero-order chi connectivity index (χ0) is 21.4.